The highest BCUT2D eigenvalue weighted by molar-refractivity contribution is 5.94. The third-order valence-corrected chi connectivity index (χ3v) is 7.65. The Balaban J connectivity index is 1.66. The average molecular weight is 546 g/mol. The fourth-order valence-corrected chi connectivity index (χ4v) is 5.04. The molecule has 0 radical (unpaired) electrons. The second kappa shape index (κ2) is 14.0. The van der Waals surface area contributed by atoms with E-state index in [2.05, 4.69) is 68.0 Å². The maximum atomic E-state index is 13.7. The van der Waals surface area contributed by atoms with Crippen LogP contribution in [-0.4, -0.2) is 76.2 Å². The van der Waals surface area contributed by atoms with Crippen molar-refractivity contribution in [2.45, 2.75) is 60.4 Å². The number of pyridine rings is 1. The molecule has 1 saturated heterocycles. The SMILES string of the molecule is C=C(C)c1ccc(-c2nc3ccc(C(=O)N(CCC(C)C)CCC(C)C)nc3n2CCCN2CCOCC2)cc1. The minimum absolute atomic E-state index is 0.0108. The molecule has 3 aromatic rings. The lowest BCUT2D eigenvalue weighted by atomic mass is 10.1. The van der Waals surface area contributed by atoms with Crippen LogP contribution in [-0.2, 0) is 11.3 Å². The van der Waals surface area contributed by atoms with Gasteiger partial charge in [-0.25, -0.2) is 9.97 Å². The number of carbonyl (C=O) groups excluding carboxylic acids is 1. The number of carbonyl (C=O) groups is 1. The lowest BCUT2D eigenvalue weighted by molar-refractivity contribution is 0.0370. The van der Waals surface area contributed by atoms with Crippen LogP contribution in [0, 0.1) is 11.8 Å². The summed E-state index contributed by atoms with van der Waals surface area (Å²) in [5.41, 5.74) is 5.29. The van der Waals surface area contributed by atoms with Crippen molar-refractivity contribution in [1.82, 2.24) is 24.3 Å². The van der Waals surface area contributed by atoms with Gasteiger partial charge in [0.1, 0.15) is 17.0 Å². The van der Waals surface area contributed by atoms with E-state index in [0.717, 1.165) is 105 Å². The first-order valence-corrected chi connectivity index (χ1v) is 15.0. The second-order valence-corrected chi connectivity index (χ2v) is 11.9. The molecule has 1 aliphatic heterocycles. The Bertz CT molecular complexity index is 1260. The molecule has 0 bridgehead atoms. The van der Waals surface area contributed by atoms with Crippen molar-refractivity contribution in [2.24, 2.45) is 11.8 Å². The molecule has 0 unspecified atom stereocenters. The molecule has 7 heteroatoms. The van der Waals surface area contributed by atoms with Gasteiger partial charge < -0.3 is 14.2 Å². The lowest BCUT2D eigenvalue weighted by Gasteiger charge is -2.26. The summed E-state index contributed by atoms with van der Waals surface area (Å²) in [5, 5.41) is 0. The van der Waals surface area contributed by atoms with Gasteiger partial charge in [-0.2, -0.15) is 0 Å². The Morgan fingerprint density at radius 3 is 2.20 bits per heavy atom. The molecule has 0 atom stereocenters. The molecule has 40 heavy (non-hydrogen) atoms. The highest BCUT2D eigenvalue weighted by Gasteiger charge is 2.21. The number of aromatic nitrogens is 3. The van der Waals surface area contributed by atoms with Gasteiger partial charge in [-0.1, -0.05) is 64.1 Å². The molecule has 1 aliphatic rings. The molecule has 0 spiro atoms. The first kappa shape index (κ1) is 29.9. The van der Waals surface area contributed by atoms with Crippen molar-refractivity contribution in [1.29, 1.82) is 0 Å². The second-order valence-electron chi connectivity index (χ2n) is 11.9. The molecule has 0 saturated carbocycles. The minimum Gasteiger partial charge on any atom is -0.379 e. The van der Waals surface area contributed by atoms with Crippen molar-refractivity contribution in [3.05, 3.63) is 54.2 Å². The summed E-state index contributed by atoms with van der Waals surface area (Å²) in [6.45, 7) is 21.7. The van der Waals surface area contributed by atoms with Crippen molar-refractivity contribution < 1.29 is 9.53 Å². The van der Waals surface area contributed by atoms with Crippen molar-refractivity contribution >= 4 is 22.6 Å². The summed E-state index contributed by atoms with van der Waals surface area (Å²) in [7, 11) is 0. The van der Waals surface area contributed by atoms with E-state index >= 15 is 0 Å². The Morgan fingerprint density at radius 2 is 1.60 bits per heavy atom. The number of hydrogen-bond acceptors (Lipinski definition) is 5. The van der Waals surface area contributed by atoms with E-state index in [-0.39, 0.29) is 5.91 Å². The fraction of sp³-hybridized carbons (Fsp3) is 0.545. The van der Waals surface area contributed by atoms with Crippen molar-refractivity contribution in [3.8, 4) is 11.4 Å². The molecule has 3 heterocycles. The summed E-state index contributed by atoms with van der Waals surface area (Å²) >= 11 is 0. The van der Waals surface area contributed by atoms with Gasteiger partial charge in [0.15, 0.2) is 5.65 Å². The van der Waals surface area contributed by atoms with Gasteiger partial charge in [-0.05, 0) is 55.7 Å². The summed E-state index contributed by atoms with van der Waals surface area (Å²) in [4.78, 5) is 28.1. The highest BCUT2D eigenvalue weighted by atomic mass is 16.5. The predicted octanol–water partition coefficient (Wildman–Crippen LogP) is 6.39. The maximum Gasteiger partial charge on any atom is 0.272 e. The van der Waals surface area contributed by atoms with E-state index < -0.39 is 0 Å². The number of aryl methyl sites for hydroxylation is 1. The van der Waals surface area contributed by atoms with Gasteiger partial charge in [0.2, 0.25) is 0 Å². The number of fused-ring (bicyclic) bond motifs is 1. The predicted molar refractivity (Wildman–Crippen MR) is 164 cm³/mol. The third kappa shape index (κ3) is 7.79. The van der Waals surface area contributed by atoms with Gasteiger partial charge in [-0.3, -0.25) is 9.69 Å². The van der Waals surface area contributed by atoms with Gasteiger partial charge >= 0.3 is 0 Å². The average Bonchev–Trinajstić information content (AvgIpc) is 3.31. The largest absolute Gasteiger partial charge is 0.379 e. The zero-order chi connectivity index (χ0) is 28.6. The Hall–Kier alpha value is -3.03. The van der Waals surface area contributed by atoms with Gasteiger partial charge in [0.05, 0.1) is 13.2 Å². The molecule has 1 fully saturated rings. The van der Waals surface area contributed by atoms with E-state index in [9.17, 15) is 4.79 Å². The van der Waals surface area contributed by atoms with Crippen LogP contribution in [0.15, 0.2) is 43.0 Å². The number of ether oxygens (including phenoxy) is 1. The lowest BCUT2D eigenvalue weighted by Crippen LogP contribution is -2.37. The number of nitrogens with zero attached hydrogens (tertiary/aromatic N) is 5. The molecule has 0 N–H and O–H groups in total. The number of imidazole rings is 1. The molecule has 216 valence electrons. The number of hydrogen-bond donors (Lipinski definition) is 0. The summed E-state index contributed by atoms with van der Waals surface area (Å²) < 4.78 is 7.72. The smallest absolute Gasteiger partial charge is 0.272 e. The number of morpholine rings is 1. The molecule has 0 aliphatic carbocycles. The van der Waals surface area contributed by atoms with Crippen molar-refractivity contribution in [2.75, 3.05) is 45.9 Å². The van der Waals surface area contributed by atoms with E-state index in [1.54, 1.807) is 0 Å². The van der Waals surface area contributed by atoms with Crippen molar-refractivity contribution in [3.63, 3.8) is 0 Å². The van der Waals surface area contributed by atoms with E-state index in [0.29, 0.717) is 17.5 Å². The first-order chi connectivity index (χ1) is 19.2. The molecule has 2 aromatic heterocycles. The Labute approximate surface area is 240 Å². The topological polar surface area (TPSA) is 63.5 Å². The van der Waals surface area contributed by atoms with Crippen LogP contribution >= 0.6 is 0 Å². The summed E-state index contributed by atoms with van der Waals surface area (Å²) in [6, 6.07) is 12.2. The minimum atomic E-state index is 0.0108. The molecular weight excluding hydrogens is 498 g/mol. The first-order valence-electron chi connectivity index (χ1n) is 15.0. The summed E-state index contributed by atoms with van der Waals surface area (Å²) in [6.07, 6.45) is 2.93. The Morgan fingerprint density at radius 1 is 0.950 bits per heavy atom. The molecule has 4 rings (SSSR count). The monoisotopic (exact) mass is 545 g/mol. The quantitative estimate of drug-likeness (QED) is 0.249. The number of allylic oxidation sites excluding steroid dienone is 1. The summed E-state index contributed by atoms with van der Waals surface area (Å²) in [5.74, 6) is 1.98. The maximum absolute atomic E-state index is 13.7. The van der Waals surface area contributed by atoms with E-state index in [1.807, 2.05) is 24.0 Å². The number of amides is 1. The molecule has 1 amide bonds. The van der Waals surface area contributed by atoms with Gasteiger partial charge in [0, 0.05) is 44.8 Å². The zero-order valence-electron chi connectivity index (χ0n) is 25.2. The van der Waals surface area contributed by atoms with Gasteiger partial charge in [0.25, 0.3) is 5.91 Å². The molecular formula is C33H47N5O2. The highest BCUT2D eigenvalue weighted by Crippen LogP contribution is 2.26. The number of rotatable bonds is 13. The Kier molecular flexibility index (Phi) is 10.5. The van der Waals surface area contributed by atoms with Crippen LogP contribution in [0.2, 0.25) is 0 Å². The third-order valence-electron chi connectivity index (χ3n) is 7.65. The normalized spacial score (nSPS) is 14.4. The van der Waals surface area contributed by atoms with Crippen LogP contribution < -0.4 is 0 Å². The standard InChI is InChI=1S/C33H47N5O2/c1-24(2)14-18-37(19-15-25(3)4)33(39)30-13-12-29-32(35-30)38(17-7-16-36-20-22-40-23-21-36)31(34-29)28-10-8-27(9-11-28)26(5)6/h8-13,24-25H,5,7,14-23H2,1-4,6H3. The van der Waals surface area contributed by atoms with Gasteiger partial charge in [-0.15, -0.1) is 0 Å². The van der Waals surface area contributed by atoms with Crippen LogP contribution in [0.5, 0.6) is 0 Å². The fourth-order valence-electron chi connectivity index (χ4n) is 5.04. The van der Waals surface area contributed by atoms with Crippen LogP contribution in [0.3, 0.4) is 0 Å². The molecule has 7 nitrogen and oxygen atoms in total. The van der Waals surface area contributed by atoms with Crippen LogP contribution in [0.25, 0.3) is 28.1 Å². The van der Waals surface area contributed by atoms with Crippen LogP contribution in [0.1, 0.15) is 69.9 Å². The number of benzene rings is 1. The molecule has 1 aromatic carbocycles. The van der Waals surface area contributed by atoms with E-state index in [4.69, 9.17) is 14.7 Å². The van der Waals surface area contributed by atoms with E-state index in [1.165, 1.54) is 0 Å². The zero-order valence-corrected chi connectivity index (χ0v) is 25.2. The van der Waals surface area contributed by atoms with Crippen LogP contribution in [0.4, 0.5) is 0 Å².